The maximum atomic E-state index is 5.07. The molecule has 2 nitrogen and oxygen atoms in total. The summed E-state index contributed by atoms with van der Waals surface area (Å²) in [6.07, 6.45) is 4.19. The van der Waals surface area contributed by atoms with Crippen molar-refractivity contribution in [3.8, 4) is 0 Å². The molecular formula is C36H33N2P2-. The van der Waals surface area contributed by atoms with Crippen LogP contribution >= 0.6 is 15.8 Å². The lowest BCUT2D eigenvalue weighted by Gasteiger charge is -2.34. The largest absolute Gasteiger partial charge is 0.335 e. The van der Waals surface area contributed by atoms with E-state index in [2.05, 4.69) is 164 Å². The van der Waals surface area contributed by atoms with Crippen LogP contribution in [-0.4, -0.2) is 9.55 Å². The molecule has 1 heterocycles. The van der Waals surface area contributed by atoms with E-state index >= 15 is 0 Å². The Labute approximate surface area is 240 Å². The minimum absolute atomic E-state index is 0.164. The van der Waals surface area contributed by atoms with Crippen LogP contribution in [0.2, 0.25) is 0 Å². The Bertz CT molecular complexity index is 1420. The van der Waals surface area contributed by atoms with Crippen molar-refractivity contribution in [2.75, 3.05) is 0 Å². The van der Waals surface area contributed by atoms with E-state index in [-0.39, 0.29) is 6.04 Å². The third-order valence-corrected chi connectivity index (χ3v) is 12.1. The Morgan fingerprint density at radius 1 is 0.575 bits per heavy atom. The zero-order valence-electron chi connectivity index (χ0n) is 22.9. The average Bonchev–Trinajstić information content (AvgIpc) is 3.67. The molecule has 0 amide bonds. The first kappa shape index (κ1) is 26.5. The van der Waals surface area contributed by atoms with Gasteiger partial charge in [-0.25, -0.2) is 17.1 Å². The Morgan fingerprint density at radius 3 is 1.48 bits per heavy atom. The molecule has 198 valence electrons. The van der Waals surface area contributed by atoms with E-state index in [4.69, 9.17) is 4.98 Å². The van der Waals surface area contributed by atoms with Gasteiger partial charge in [0.1, 0.15) is 5.57 Å². The van der Waals surface area contributed by atoms with Crippen LogP contribution in [0, 0.1) is 5.92 Å². The van der Waals surface area contributed by atoms with Crippen molar-refractivity contribution in [1.82, 2.24) is 9.55 Å². The second-order valence-electron chi connectivity index (χ2n) is 10.2. The molecular weight excluding hydrogens is 522 g/mol. The lowest BCUT2D eigenvalue weighted by molar-refractivity contribution is 0.447. The second kappa shape index (κ2) is 12.2. The van der Waals surface area contributed by atoms with Gasteiger partial charge in [-0.05, 0) is 35.1 Å². The maximum absolute atomic E-state index is 5.07. The summed E-state index contributed by atoms with van der Waals surface area (Å²) < 4.78 is 2.47. The molecule has 0 N–H and O–H groups in total. The van der Waals surface area contributed by atoms with Crippen molar-refractivity contribution >= 4 is 47.9 Å². The Morgan fingerprint density at radius 2 is 1.02 bits per heavy atom. The smallest absolute Gasteiger partial charge is 0.140 e. The molecule has 1 atom stereocenters. The summed E-state index contributed by atoms with van der Waals surface area (Å²) in [4.78, 5) is 5.07. The predicted molar refractivity (Wildman–Crippen MR) is 175 cm³/mol. The fraction of sp³-hybridized carbons (Fsp3) is 0.111. The van der Waals surface area contributed by atoms with Gasteiger partial charge in [0.25, 0.3) is 0 Å². The number of aromatic nitrogens is 2. The van der Waals surface area contributed by atoms with Crippen LogP contribution in [0.25, 0.3) is 0 Å². The van der Waals surface area contributed by atoms with Crippen LogP contribution in [0.4, 0.5) is 0 Å². The highest BCUT2D eigenvalue weighted by atomic mass is 31.1. The molecule has 0 aliphatic rings. The highest BCUT2D eigenvalue weighted by Crippen LogP contribution is 2.40. The zero-order chi connectivity index (χ0) is 27.3. The number of nitrogens with zero attached hydrogens (tertiary/aromatic N) is 2. The Hall–Kier alpha value is -3.70. The van der Waals surface area contributed by atoms with Crippen molar-refractivity contribution in [1.29, 1.82) is 0 Å². The van der Waals surface area contributed by atoms with Crippen molar-refractivity contribution < 1.29 is 0 Å². The average molecular weight is 556 g/mol. The number of rotatable bonds is 9. The van der Waals surface area contributed by atoms with Gasteiger partial charge >= 0.3 is 0 Å². The van der Waals surface area contributed by atoms with Crippen LogP contribution in [0.3, 0.4) is 0 Å². The van der Waals surface area contributed by atoms with Gasteiger partial charge in [0.15, 0.2) is 0 Å². The van der Waals surface area contributed by atoms with E-state index in [1.807, 2.05) is 6.20 Å². The first-order chi connectivity index (χ1) is 19.7. The maximum Gasteiger partial charge on any atom is 0.140 e. The summed E-state index contributed by atoms with van der Waals surface area (Å²) in [6.45, 7) is 4.68. The minimum atomic E-state index is -0.818. The molecule has 0 saturated heterocycles. The quantitative estimate of drug-likeness (QED) is 0.150. The second-order valence-corrected chi connectivity index (χ2v) is 14.5. The van der Waals surface area contributed by atoms with Gasteiger partial charge in [0, 0.05) is 26.4 Å². The van der Waals surface area contributed by atoms with Crippen molar-refractivity contribution in [2.24, 2.45) is 5.92 Å². The van der Waals surface area contributed by atoms with Gasteiger partial charge in [-0.2, -0.15) is 6.07 Å². The van der Waals surface area contributed by atoms with Crippen LogP contribution in [-0.2, 0) is 0 Å². The molecule has 5 aromatic carbocycles. The minimum Gasteiger partial charge on any atom is -0.335 e. The topological polar surface area (TPSA) is 17.8 Å². The van der Waals surface area contributed by atoms with Gasteiger partial charge in [-0.3, -0.25) is 0 Å². The number of imidazole rings is 1. The molecule has 0 fully saturated rings. The molecule has 0 aliphatic heterocycles. The lowest BCUT2D eigenvalue weighted by atomic mass is 9.98. The van der Waals surface area contributed by atoms with Crippen molar-refractivity contribution in [3.05, 3.63) is 157 Å². The van der Waals surface area contributed by atoms with Crippen LogP contribution in [0.15, 0.2) is 152 Å². The van der Waals surface area contributed by atoms with Gasteiger partial charge in [0.2, 0.25) is 0 Å². The summed E-state index contributed by atoms with van der Waals surface area (Å²) >= 11 is 0. The normalized spacial score (nSPS) is 12.3. The summed E-state index contributed by atoms with van der Waals surface area (Å²) in [7, 11) is -1.52. The molecule has 0 radical (unpaired) electrons. The summed E-state index contributed by atoms with van der Waals surface area (Å²) in [5.41, 5.74) is 2.53. The number of hydrogen-bond acceptors (Lipinski definition) is 1. The molecule has 1 aromatic heterocycles. The first-order valence-corrected chi connectivity index (χ1v) is 16.5. The Kier molecular flexibility index (Phi) is 8.10. The first-order valence-electron chi connectivity index (χ1n) is 13.8. The fourth-order valence-electron chi connectivity index (χ4n) is 5.52. The molecule has 6 aromatic rings. The predicted octanol–water partition coefficient (Wildman–Crippen LogP) is 6.36. The van der Waals surface area contributed by atoms with Crippen molar-refractivity contribution in [3.63, 3.8) is 0 Å². The number of hydrogen-bond donors (Lipinski definition) is 0. The van der Waals surface area contributed by atoms with E-state index < -0.39 is 15.8 Å². The fourth-order valence-corrected chi connectivity index (χ4v) is 10.3. The molecule has 0 saturated carbocycles. The highest BCUT2D eigenvalue weighted by molar-refractivity contribution is 7.80. The molecule has 4 heteroatoms. The Balaban J connectivity index is 1.51. The third-order valence-electron chi connectivity index (χ3n) is 7.22. The van der Waals surface area contributed by atoms with E-state index in [0.717, 1.165) is 5.57 Å². The molecule has 0 bridgehead atoms. The van der Waals surface area contributed by atoms with E-state index in [1.165, 1.54) is 32.1 Å². The third kappa shape index (κ3) is 5.35. The van der Waals surface area contributed by atoms with Crippen LogP contribution < -0.4 is 32.1 Å². The van der Waals surface area contributed by atoms with Crippen molar-refractivity contribution in [2.45, 2.75) is 19.9 Å². The van der Waals surface area contributed by atoms with Gasteiger partial charge in [-0.1, -0.05) is 135 Å². The van der Waals surface area contributed by atoms with E-state index in [9.17, 15) is 0 Å². The lowest BCUT2D eigenvalue weighted by Crippen LogP contribution is -2.34. The molecule has 6 rings (SSSR count). The molecule has 40 heavy (non-hydrogen) atoms. The zero-order valence-corrected chi connectivity index (χ0v) is 24.7. The SMILES string of the molecule is CC(C)[C@H]([c-]1cccc1P(c1ccccc1)c1ccccc1)n1ccnc1P(c1ccccc1)c1ccccc1. The molecule has 0 unspecified atom stereocenters. The van der Waals surface area contributed by atoms with E-state index in [0.29, 0.717) is 5.92 Å². The molecule has 0 spiro atoms. The summed E-state index contributed by atoms with van der Waals surface area (Å²) in [5, 5.41) is 6.81. The standard InChI is InChI=1S/C36H33N2P2/c1-28(2)35(33-24-15-25-34(33)39(29-16-7-3-8-17-29)30-18-9-4-10-19-30)38-27-26-37-36(38)40(31-20-11-5-12-21-31)32-22-13-6-14-23-32/h3-28,35H,1-2H3/q-1/t35-/m1/s1. The van der Waals surface area contributed by atoms with Gasteiger partial charge in [0.05, 0.1) is 0 Å². The van der Waals surface area contributed by atoms with Gasteiger partial charge in [-0.15, -0.1) is 10.9 Å². The van der Waals surface area contributed by atoms with Crippen LogP contribution in [0.5, 0.6) is 0 Å². The molecule has 0 aliphatic carbocycles. The monoisotopic (exact) mass is 555 g/mol. The summed E-state index contributed by atoms with van der Waals surface area (Å²) in [5.74, 6) is 0.376. The summed E-state index contributed by atoms with van der Waals surface area (Å²) in [6, 6.07) is 50.9. The van der Waals surface area contributed by atoms with Gasteiger partial charge < -0.3 is 4.57 Å². The highest BCUT2D eigenvalue weighted by Gasteiger charge is 2.27. The van der Waals surface area contributed by atoms with E-state index in [1.54, 1.807) is 0 Å². The van der Waals surface area contributed by atoms with Crippen LogP contribution in [0.1, 0.15) is 25.5 Å². The number of benzene rings is 4.